The van der Waals surface area contributed by atoms with Crippen molar-refractivity contribution in [3.05, 3.63) is 12.3 Å². The molecule has 1 aliphatic rings. The Morgan fingerprint density at radius 3 is 2.43 bits per heavy atom. The fraction of sp³-hybridized carbons (Fsp3) is 0.750. The molecule has 0 aromatic heterocycles. The molecule has 1 N–H and O–H groups in total. The van der Waals surface area contributed by atoms with Gasteiger partial charge in [0, 0.05) is 25.2 Å². The molecule has 0 spiro atoms. The van der Waals surface area contributed by atoms with E-state index >= 15 is 0 Å². The third-order valence-electron chi connectivity index (χ3n) is 3.82. The van der Waals surface area contributed by atoms with Crippen molar-refractivity contribution < 1.29 is 42.7 Å². The number of nitrogens with one attached hydrogen (secondary N) is 1. The average molecular weight is 424 g/mol. The molecule has 0 saturated carbocycles. The lowest BCUT2D eigenvalue weighted by Gasteiger charge is -2.29. The maximum Gasteiger partial charge on any atom is 0.392 e. The Labute approximate surface area is 166 Å². The Morgan fingerprint density at radius 2 is 1.93 bits per heavy atom. The van der Waals surface area contributed by atoms with Gasteiger partial charge in [-0.25, -0.2) is 9.78 Å². The summed E-state index contributed by atoms with van der Waals surface area (Å²) in [4.78, 5) is 33.4. The molecule has 1 fully saturated rings. The van der Waals surface area contributed by atoms with Crippen molar-refractivity contribution in [1.29, 1.82) is 0 Å². The number of carbonyl (C=O) groups excluding carboxylic acids is 2. The van der Waals surface area contributed by atoms with E-state index in [0.717, 1.165) is 0 Å². The van der Waals surface area contributed by atoms with Gasteiger partial charge in [-0.3, -0.25) is 14.5 Å². The molecule has 12 heteroatoms. The van der Waals surface area contributed by atoms with Crippen LogP contribution in [0.25, 0.3) is 0 Å². The van der Waals surface area contributed by atoms with Crippen LogP contribution in [0.4, 0.5) is 0 Å². The summed E-state index contributed by atoms with van der Waals surface area (Å²) in [5, 5.41) is 2.44. The molecule has 162 valence electrons. The molecule has 2 amide bonds. The van der Waals surface area contributed by atoms with Crippen molar-refractivity contribution in [2.45, 2.75) is 45.3 Å². The summed E-state index contributed by atoms with van der Waals surface area (Å²) in [5.41, 5.74) is 0. The molecule has 3 atom stereocenters. The van der Waals surface area contributed by atoms with E-state index in [4.69, 9.17) is 23.3 Å². The van der Waals surface area contributed by atoms with Crippen LogP contribution in [0.2, 0.25) is 0 Å². The summed E-state index contributed by atoms with van der Waals surface area (Å²) in [6, 6.07) is 0. The minimum Gasteiger partial charge on any atom is -0.356 e. The van der Waals surface area contributed by atoms with E-state index in [1.54, 1.807) is 13.8 Å². The van der Waals surface area contributed by atoms with Crippen LogP contribution < -0.4 is 5.32 Å². The summed E-state index contributed by atoms with van der Waals surface area (Å²) >= 11 is 0. The van der Waals surface area contributed by atoms with E-state index in [2.05, 4.69) is 15.1 Å². The van der Waals surface area contributed by atoms with Gasteiger partial charge in [0.15, 0.2) is 12.0 Å². The zero-order valence-electron chi connectivity index (χ0n) is 16.9. The van der Waals surface area contributed by atoms with Gasteiger partial charge in [0.25, 0.3) is 0 Å². The Hall–Kier alpha value is -1.17. The lowest BCUT2D eigenvalue weighted by atomic mass is 9.99. The van der Waals surface area contributed by atoms with Crippen LogP contribution in [0, 0.1) is 5.92 Å². The molecule has 0 aromatic rings. The number of likely N-dealkylation sites (N-methyl/N-ethyl adjacent to an activating group) is 1. The highest BCUT2D eigenvalue weighted by atomic mass is 31.2. The van der Waals surface area contributed by atoms with Crippen molar-refractivity contribution in [3.63, 3.8) is 0 Å². The molecular weight excluding hydrogens is 395 g/mol. The van der Waals surface area contributed by atoms with E-state index in [1.807, 2.05) is 6.92 Å². The van der Waals surface area contributed by atoms with Crippen molar-refractivity contribution in [1.82, 2.24) is 10.2 Å². The second kappa shape index (κ2) is 12.4. The van der Waals surface area contributed by atoms with Gasteiger partial charge in [-0.15, -0.1) is 0 Å². The van der Waals surface area contributed by atoms with E-state index in [0.29, 0.717) is 12.8 Å². The first kappa shape index (κ1) is 24.9. The minimum atomic E-state index is -1.88. The molecule has 11 nitrogen and oxygen atoms in total. The molecule has 3 unspecified atom stereocenters. The maximum absolute atomic E-state index is 11.6. The van der Waals surface area contributed by atoms with Gasteiger partial charge >= 0.3 is 8.60 Å². The highest BCUT2D eigenvalue weighted by Crippen LogP contribution is 2.42. The van der Waals surface area contributed by atoms with E-state index in [9.17, 15) is 9.59 Å². The molecule has 1 rings (SSSR count). The van der Waals surface area contributed by atoms with Gasteiger partial charge in [-0.2, -0.15) is 9.35 Å². The molecule has 1 saturated heterocycles. The molecule has 0 bridgehead atoms. The van der Waals surface area contributed by atoms with Crippen LogP contribution in [0.3, 0.4) is 0 Å². The third-order valence-corrected chi connectivity index (χ3v) is 4.72. The number of hydrogen-bond donors (Lipinski definition) is 1. The van der Waals surface area contributed by atoms with Gasteiger partial charge in [0.1, 0.15) is 6.10 Å². The largest absolute Gasteiger partial charge is 0.392 e. The molecule has 0 aliphatic carbocycles. The standard InChI is InChI=1S/C16H29N2O9P/c1-7-12(10-23-28(26-21-5)27-22-6)14-15(25-16(2,3)24-14)18(11-19)9-8-13(20)17-4/h8-9,11-12,14-15H,7,10H2,1-6H3,(H,17,20)/b9-8-. The monoisotopic (exact) mass is 424 g/mol. The number of ether oxygens (including phenoxy) is 2. The SMILES string of the molecule is CCC(COP(OOC)OOC)C1OC(C)(C)OC1N(C=O)/C=C\C(=O)NC. The molecule has 1 aliphatic heterocycles. The summed E-state index contributed by atoms with van der Waals surface area (Å²) in [6.07, 6.45) is 2.52. The van der Waals surface area contributed by atoms with Crippen LogP contribution in [-0.2, 0) is 42.7 Å². The minimum absolute atomic E-state index is 0.168. The second-order valence-corrected chi connectivity index (χ2v) is 7.15. The predicted molar refractivity (Wildman–Crippen MR) is 97.8 cm³/mol. The fourth-order valence-electron chi connectivity index (χ4n) is 2.53. The van der Waals surface area contributed by atoms with Crippen molar-refractivity contribution >= 4 is 20.9 Å². The van der Waals surface area contributed by atoms with Gasteiger partial charge in [0.2, 0.25) is 12.3 Å². The first-order valence-electron chi connectivity index (χ1n) is 8.64. The molecular formula is C16H29N2O9P. The van der Waals surface area contributed by atoms with E-state index in [-0.39, 0.29) is 18.4 Å². The van der Waals surface area contributed by atoms with Crippen LogP contribution >= 0.6 is 8.60 Å². The Bertz CT molecular complexity index is 514. The second-order valence-electron chi connectivity index (χ2n) is 6.14. The summed E-state index contributed by atoms with van der Waals surface area (Å²) < 4.78 is 27.2. The number of carbonyl (C=O) groups is 2. The maximum atomic E-state index is 11.6. The highest BCUT2D eigenvalue weighted by Gasteiger charge is 2.47. The van der Waals surface area contributed by atoms with Crippen LogP contribution in [0.5, 0.6) is 0 Å². The Kier molecular flexibility index (Phi) is 11.0. The van der Waals surface area contributed by atoms with Crippen LogP contribution in [0.15, 0.2) is 12.3 Å². The van der Waals surface area contributed by atoms with Crippen LogP contribution in [-0.4, -0.2) is 63.2 Å². The summed E-state index contributed by atoms with van der Waals surface area (Å²) in [5.74, 6) is -1.47. The first-order chi connectivity index (χ1) is 13.3. The number of amides is 2. The Balaban J connectivity index is 2.92. The van der Waals surface area contributed by atoms with Gasteiger partial charge in [-0.1, -0.05) is 6.92 Å². The quantitative estimate of drug-likeness (QED) is 0.155. The van der Waals surface area contributed by atoms with Crippen molar-refractivity contribution in [2.24, 2.45) is 5.92 Å². The third kappa shape index (κ3) is 7.69. The van der Waals surface area contributed by atoms with E-state index in [1.165, 1.54) is 38.4 Å². The predicted octanol–water partition coefficient (Wildman–Crippen LogP) is 1.61. The van der Waals surface area contributed by atoms with Crippen molar-refractivity contribution in [2.75, 3.05) is 27.9 Å². The first-order valence-corrected chi connectivity index (χ1v) is 9.74. The average Bonchev–Trinajstić information content (AvgIpc) is 2.98. The van der Waals surface area contributed by atoms with Gasteiger partial charge < -0.3 is 19.3 Å². The zero-order chi connectivity index (χ0) is 21.2. The number of nitrogens with zero attached hydrogens (tertiary/aromatic N) is 1. The number of rotatable bonds is 13. The molecule has 28 heavy (non-hydrogen) atoms. The van der Waals surface area contributed by atoms with Crippen LogP contribution in [0.1, 0.15) is 27.2 Å². The van der Waals surface area contributed by atoms with Crippen molar-refractivity contribution in [3.8, 4) is 0 Å². The lowest BCUT2D eigenvalue weighted by Crippen LogP contribution is -2.43. The normalized spacial score (nSPS) is 22.5. The highest BCUT2D eigenvalue weighted by molar-refractivity contribution is 7.41. The molecule has 0 aromatic carbocycles. The van der Waals surface area contributed by atoms with Gasteiger partial charge in [0.05, 0.1) is 20.8 Å². The molecule has 0 radical (unpaired) electrons. The topological polar surface area (TPSA) is 114 Å². The zero-order valence-corrected chi connectivity index (χ0v) is 17.8. The molecule has 1 heterocycles. The smallest absolute Gasteiger partial charge is 0.356 e. The van der Waals surface area contributed by atoms with Gasteiger partial charge in [-0.05, 0) is 20.3 Å². The Morgan fingerprint density at radius 1 is 1.29 bits per heavy atom. The lowest BCUT2D eigenvalue weighted by molar-refractivity contribution is -0.246. The summed E-state index contributed by atoms with van der Waals surface area (Å²) in [7, 11) is 2.26. The fourth-order valence-corrected chi connectivity index (χ4v) is 3.19. The number of hydrogen-bond acceptors (Lipinski definition) is 9. The summed E-state index contributed by atoms with van der Waals surface area (Å²) in [6.45, 7) is 5.60. The van der Waals surface area contributed by atoms with E-state index < -0.39 is 26.7 Å².